The molecule has 21 heavy (non-hydrogen) atoms. The van der Waals surface area contributed by atoms with Crippen LogP contribution < -0.4 is 5.32 Å². The summed E-state index contributed by atoms with van der Waals surface area (Å²) in [5.74, 6) is -0.140. The summed E-state index contributed by atoms with van der Waals surface area (Å²) in [6.45, 7) is 4.62. The van der Waals surface area contributed by atoms with E-state index in [2.05, 4.69) is 12.2 Å². The van der Waals surface area contributed by atoms with E-state index in [1.54, 1.807) is 0 Å². The van der Waals surface area contributed by atoms with Crippen molar-refractivity contribution in [3.05, 3.63) is 0 Å². The van der Waals surface area contributed by atoms with Crippen LogP contribution in [-0.4, -0.2) is 47.1 Å². The molecule has 2 aliphatic rings. The number of amides is 1. The van der Waals surface area contributed by atoms with Gasteiger partial charge in [0.05, 0.1) is 5.54 Å². The van der Waals surface area contributed by atoms with Gasteiger partial charge in [0.25, 0.3) is 0 Å². The summed E-state index contributed by atoms with van der Waals surface area (Å²) < 4.78 is 0. The van der Waals surface area contributed by atoms with E-state index < -0.39 is 5.97 Å². The lowest BCUT2D eigenvalue weighted by Gasteiger charge is -2.39. The van der Waals surface area contributed by atoms with Crippen molar-refractivity contribution >= 4 is 11.9 Å². The highest BCUT2D eigenvalue weighted by Crippen LogP contribution is 2.30. The Hall–Kier alpha value is -1.10. The Morgan fingerprint density at radius 2 is 2.19 bits per heavy atom. The van der Waals surface area contributed by atoms with E-state index in [9.17, 15) is 9.59 Å². The monoisotopic (exact) mass is 296 g/mol. The van der Waals surface area contributed by atoms with Crippen molar-refractivity contribution in [2.75, 3.05) is 19.6 Å². The Labute approximate surface area is 127 Å². The van der Waals surface area contributed by atoms with Crippen molar-refractivity contribution in [2.24, 2.45) is 5.92 Å². The normalized spacial score (nSPS) is 29.6. The van der Waals surface area contributed by atoms with Gasteiger partial charge in [0.15, 0.2) is 0 Å². The Morgan fingerprint density at radius 3 is 2.81 bits per heavy atom. The first-order valence-electron chi connectivity index (χ1n) is 8.33. The summed E-state index contributed by atoms with van der Waals surface area (Å²) in [5.41, 5.74) is -0.344. The van der Waals surface area contributed by atoms with Crippen LogP contribution in [0.1, 0.15) is 58.3 Å². The molecule has 2 atom stereocenters. The number of carbonyl (C=O) groups is 2. The van der Waals surface area contributed by atoms with Crippen LogP contribution in [0, 0.1) is 5.92 Å². The molecule has 0 saturated carbocycles. The average molecular weight is 296 g/mol. The molecule has 1 amide bonds. The summed E-state index contributed by atoms with van der Waals surface area (Å²) in [6.07, 6.45) is 6.87. The molecule has 2 saturated heterocycles. The summed E-state index contributed by atoms with van der Waals surface area (Å²) in [6, 6.07) is 0. The second kappa shape index (κ2) is 7.25. The van der Waals surface area contributed by atoms with Crippen LogP contribution in [0.15, 0.2) is 0 Å². The number of carboxylic acids is 1. The van der Waals surface area contributed by atoms with E-state index in [-0.39, 0.29) is 17.9 Å². The van der Waals surface area contributed by atoms with Crippen molar-refractivity contribution < 1.29 is 14.7 Å². The van der Waals surface area contributed by atoms with Crippen LogP contribution in [0.3, 0.4) is 0 Å². The van der Waals surface area contributed by atoms with Gasteiger partial charge in [0.1, 0.15) is 0 Å². The lowest BCUT2D eigenvalue weighted by atomic mass is 9.87. The minimum Gasteiger partial charge on any atom is -0.481 e. The summed E-state index contributed by atoms with van der Waals surface area (Å²) in [5, 5.41) is 12.3. The molecular weight excluding hydrogens is 268 g/mol. The smallest absolute Gasteiger partial charge is 0.303 e. The number of carboxylic acid groups (broad SMARTS) is 1. The lowest BCUT2D eigenvalue weighted by Crippen LogP contribution is -2.56. The largest absolute Gasteiger partial charge is 0.481 e. The standard InChI is InChI=1S/C16H28N2O3/c1-2-8-16(9-4-10-17-16)15(21)18-11-3-5-13(12-18)6-7-14(19)20/h13,17H,2-12H2,1H3,(H,19,20). The maximum Gasteiger partial charge on any atom is 0.303 e. The van der Waals surface area contributed by atoms with Gasteiger partial charge in [-0.2, -0.15) is 0 Å². The highest BCUT2D eigenvalue weighted by Gasteiger charge is 2.43. The average Bonchev–Trinajstić information content (AvgIpc) is 2.95. The fraction of sp³-hybridized carbons (Fsp3) is 0.875. The van der Waals surface area contributed by atoms with Crippen LogP contribution in [0.5, 0.6) is 0 Å². The molecule has 2 unspecified atom stereocenters. The van der Waals surface area contributed by atoms with Gasteiger partial charge in [-0.25, -0.2) is 0 Å². The molecule has 2 rings (SSSR count). The Bertz CT molecular complexity index is 378. The molecule has 0 spiro atoms. The second-order valence-electron chi connectivity index (χ2n) is 6.55. The summed E-state index contributed by atoms with van der Waals surface area (Å²) >= 11 is 0. The maximum absolute atomic E-state index is 12.9. The van der Waals surface area contributed by atoms with Gasteiger partial charge in [-0.1, -0.05) is 13.3 Å². The number of aliphatic carboxylic acids is 1. The fourth-order valence-corrected chi connectivity index (χ4v) is 3.85. The van der Waals surface area contributed by atoms with Gasteiger partial charge in [-0.05, 0) is 51.0 Å². The minimum absolute atomic E-state index is 0.213. The Morgan fingerprint density at radius 1 is 1.38 bits per heavy atom. The predicted molar refractivity (Wildman–Crippen MR) is 81.0 cm³/mol. The third kappa shape index (κ3) is 3.96. The molecule has 0 aromatic rings. The molecule has 2 heterocycles. The van der Waals surface area contributed by atoms with Gasteiger partial charge in [0.2, 0.25) is 5.91 Å². The number of piperidine rings is 1. The zero-order valence-corrected chi connectivity index (χ0v) is 13.1. The van der Waals surface area contributed by atoms with E-state index in [4.69, 9.17) is 5.11 Å². The number of hydrogen-bond acceptors (Lipinski definition) is 3. The third-order valence-corrected chi connectivity index (χ3v) is 4.90. The number of hydrogen-bond donors (Lipinski definition) is 2. The van der Waals surface area contributed by atoms with E-state index in [1.807, 2.05) is 4.90 Å². The lowest BCUT2D eigenvalue weighted by molar-refractivity contribution is -0.140. The number of likely N-dealkylation sites (tertiary alicyclic amines) is 1. The Kier molecular flexibility index (Phi) is 5.62. The molecule has 120 valence electrons. The SMILES string of the molecule is CCCC1(C(=O)N2CCCC(CCC(=O)O)C2)CCCN1. The molecule has 0 aromatic heterocycles. The molecular formula is C16H28N2O3. The topological polar surface area (TPSA) is 69.6 Å². The molecule has 0 aromatic carbocycles. The van der Waals surface area contributed by atoms with E-state index in [0.717, 1.165) is 58.2 Å². The zero-order valence-electron chi connectivity index (χ0n) is 13.1. The van der Waals surface area contributed by atoms with E-state index >= 15 is 0 Å². The maximum atomic E-state index is 12.9. The quantitative estimate of drug-likeness (QED) is 0.786. The van der Waals surface area contributed by atoms with Gasteiger partial charge < -0.3 is 15.3 Å². The van der Waals surface area contributed by atoms with Gasteiger partial charge in [-0.3, -0.25) is 9.59 Å². The Balaban J connectivity index is 1.96. The highest BCUT2D eigenvalue weighted by molar-refractivity contribution is 5.87. The van der Waals surface area contributed by atoms with E-state index in [0.29, 0.717) is 12.3 Å². The second-order valence-corrected chi connectivity index (χ2v) is 6.55. The molecule has 2 aliphatic heterocycles. The number of rotatable bonds is 6. The summed E-state index contributed by atoms with van der Waals surface area (Å²) in [7, 11) is 0. The first-order chi connectivity index (χ1) is 10.1. The molecule has 2 N–H and O–H groups in total. The van der Waals surface area contributed by atoms with Gasteiger partial charge in [-0.15, -0.1) is 0 Å². The van der Waals surface area contributed by atoms with Crippen LogP contribution >= 0.6 is 0 Å². The van der Waals surface area contributed by atoms with Crippen molar-refractivity contribution in [1.29, 1.82) is 0 Å². The van der Waals surface area contributed by atoms with Crippen molar-refractivity contribution in [3.63, 3.8) is 0 Å². The number of nitrogens with zero attached hydrogens (tertiary/aromatic N) is 1. The fourth-order valence-electron chi connectivity index (χ4n) is 3.85. The van der Waals surface area contributed by atoms with Crippen molar-refractivity contribution in [3.8, 4) is 0 Å². The van der Waals surface area contributed by atoms with Crippen molar-refractivity contribution in [2.45, 2.75) is 63.8 Å². The van der Waals surface area contributed by atoms with Gasteiger partial charge >= 0.3 is 5.97 Å². The van der Waals surface area contributed by atoms with Crippen molar-refractivity contribution in [1.82, 2.24) is 10.2 Å². The zero-order chi connectivity index (χ0) is 15.3. The van der Waals surface area contributed by atoms with Crippen LogP contribution in [-0.2, 0) is 9.59 Å². The van der Waals surface area contributed by atoms with Crippen LogP contribution in [0.2, 0.25) is 0 Å². The van der Waals surface area contributed by atoms with Crippen LogP contribution in [0.4, 0.5) is 0 Å². The molecule has 0 aliphatic carbocycles. The molecule has 5 heteroatoms. The summed E-state index contributed by atoms with van der Waals surface area (Å²) in [4.78, 5) is 25.6. The van der Waals surface area contributed by atoms with Crippen LogP contribution in [0.25, 0.3) is 0 Å². The number of nitrogens with one attached hydrogen (secondary N) is 1. The minimum atomic E-state index is -0.738. The van der Waals surface area contributed by atoms with Gasteiger partial charge in [0, 0.05) is 19.5 Å². The first kappa shape index (κ1) is 16.3. The predicted octanol–water partition coefficient (Wildman–Crippen LogP) is 2.01. The third-order valence-electron chi connectivity index (χ3n) is 4.90. The molecule has 5 nitrogen and oxygen atoms in total. The molecule has 0 radical (unpaired) electrons. The van der Waals surface area contributed by atoms with E-state index in [1.165, 1.54) is 0 Å². The molecule has 0 bridgehead atoms. The first-order valence-corrected chi connectivity index (χ1v) is 8.33. The molecule has 2 fully saturated rings. The highest BCUT2D eigenvalue weighted by atomic mass is 16.4. The number of carbonyl (C=O) groups excluding carboxylic acids is 1.